The van der Waals surface area contributed by atoms with Crippen LogP contribution in [-0.4, -0.2) is 16.0 Å². The minimum absolute atomic E-state index is 0.00972. The third-order valence-corrected chi connectivity index (χ3v) is 4.49. The molecule has 1 heterocycles. The number of aryl methyl sites for hydroxylation is 2. The quantitative estimate of drug-likeness (QED) is 0.671. The van der Waals surface area contributed by atoms with Crippen LogP contribution in [0.3, 0.4) is 0 Å². The third-order valence-electron chi connectivity index (χ3n) is 4.49. The Balaban J connectivity index is 1.58. The smallest absolute Gasteiger partial charge is 0.227 e. The molecule has 0 radical (unpaired) electrons. The van der Waals surface area contributed by atoms with E-state index in [4.69, 9.17) is 4.52 Å². The van der Waals surface area contributed by atoms with E-state index in [2.05, 4.69) is 29.3 Å². The summed E-state index contributed by atoms with van der Waals surface area (Å²) >= 11 is 0. The number of nitrogens with zero attached hydrogens (tertiary/aromatic N) is 2. The summed E-state index contributed by atoms with van der Waals surface area (Å²) in [6, 6.07) is 18.0. The van der Waals surface area contributed by atoms with Gasteiger partial charge in [-0.05, 0) is 18.4 Å². The van der Waals surface area contributed by atoms with Crippen molar-refractivity contribution >= 4 is 5.91 Å². The van der Waals surface area contributed by atoms with Crippen molar-refractivity contribution in [2.75, 3.05) is 0 Å². The molecule has 0 spiro atoms. The normalized spacial score (nSPS) is 12.1. The van der Waals surface area contributed by atoms with Crippen molar-refractivity contribution in [1.82, 2.24) is 15.5 Å². The number of rotatable bonds is 7. The Morgan fingerprint density at radius 3 is 2.44 bits per heavy atom. The van der Waals surface area contributed by atoms with Gasteiger partial charge in [0.15, 0.2) is 0 Å². The predicted molar refractivity (Wildman–Crippen MR) is 105 cm³/mol. The molecule has 0 aliphatic carbocycles. The maximum atomic E-state index is 12.4. The maximum absolute atomic E-state index is 12.4. The Kier molecular flexibility index (Phi) is 6.01. The predicted octanol–water partition coefficient (Wildman–Crippen LogP) is 4.49. The summed E-state index contributed by atoms with van der Waals surface area (Å²) in [6.07, 6.45) is 0.732. The average Bonchev–Trinajstić information content (AvgIpc) is 3.14. The summed E-state index contributed by atoms with van der Waals surface area (Å²) in [5.41, 5.74) is 3.20. The van der Waals surface area contributed by atoms with Gasteiger partial charge >= 0.3 is 0 Å². The van der Waals surface area contributed by atoms with Gasteiger partial charge in [0.2, 0.25) is 17.6 Å². The number of hydrogen-bond donors (Lipinski definition) is 1. The summed E-state index contributed by atoms with van der Waals surface area (Å²) in [4.78, 5) is 16.8. The highest BCUT2D eigenvalue weighted by Gasteiger charge is 2.18. The molecule has 3 rings (SSSR count). The molecule has 0 unspecified atom stereocenters. The van der Waals surface area contributed by atoms with Crippen LogP contribution in [0.25, 0.3) is 11.4 Å². The summed E-state index contributed by atoms with van der Waals surface area (Å²) < 4.78 is 5.30. The van der Waals surface area contributed by atoms with Crippen molar-refractivity contribution in [2.24, 2.45) is 5.92 Å². The topological polar surface area (TPSA) is 68.0 Å². The SMILES string of the molecule is Cc1ccc(-c2noc(CCC(=O)N[C@H](c3ccccc3)C(C)C)n2)cc1. The lowest BCUT2D eigenvalue weighted by Gasteiger charge is -2.22. The van der Waals surface area contributed by atoms with Gasteiger partial charge < -0.3 is 9.84 Å². The Hall–Kier alpha value is -2.95. The molecular formula is C22H25N3O2. The van der Waals surface area contributed by atoms with E-state index in [0.29, 0.717) is 30.5 Å². The summed E-state index contributed by atoms with van der Waals surface area (Å²) in [6.45, 7) is 6.23. The average molecular weight is 363 g/mol. The van der Waals surface area contributed by atoms with Crippen LogP contribution < -0.4 is 5.32 Å². The second-order valence-corrected chi connectivity index (χ2v) is 7.08. The lowest BCUT2D eigenvalue weighted by atomic mass is 9.96. The number of carbonyl (C=O) groups excluding carboxylic acids is 1. The van der Waals surface area contributed by atoms with Crippen molar-refractivity contribution in [3.63, 3.8) is 0 Å². The third kappa shape index (κ3) is 5.03. The highest BCUT2D eigenvalue weighted by molar-refractivity contribution is 5.76. The van der Waals surface area contributed by atoms with Gasteiger partial charge in [0.25, 0.3) is 0 Å². The molecule has 140 valence electrons. The Morgan fingerprint density at radius 1 is 1.07 bits per heavy atom. The second kappa shape index (κ2) is 8.62. The van der Waals surface area contributed by atoms with E-state index in [1.54, 1.807) is 0 Å². The molecule has 0 aliphatic rings. The monoisotopic (exact) mass is 363 g/mol. The first-order valence-corrected chi connectivity index (χ1v) is 9.27. The minimum Gasteiger partial charge on any atom is -0.349 e. The molecule has 1 amide bonds. The molecule has 5 nitrogen and oxygen atoms in total. The van der Waals surface area contributed by atoms with Crippen LogP contribution >= 0.6 is 0 Å². The van der Waals surface area contributed by atoms with E-state index in [1.807, 2.05) is 61.5 Å². The van der Waals surface area contributed by atoms with Crippen molar-refractivity contribution < 1.29 is 9.32 Å². The number of carbonyl (C=O) groups is 1. The van der Waals surface area contributed by atoms with Crippen LogP contribution in [0.5, 0.6) is 0 Å². The zero-order valence-electron chi connectivity index (χ0n) is 16.0. The molecule has 3 aromatic rings. The van der Waals surface area contributed by atoms with Crippen LogP contribution in [0.1, 0.15) is 43.3 Å². The van der Waals surface area contributed by atoms with Gasteiger partial charge in [0.1, 0.15) is 0 Å². The van der Waals surface area contributed by atoms with Crippen LogP contribution in [0.15, 0.2) is 59.1 Å². The number of aromatic nitrogens is 2. The molecule has 0 saturated carbocycles. The summed E-state index contributed by atoms with van der Waals surface area (Å²) in [7, 11) is 0. The van der Waals surface area contributed by atoms with E-state index >= 15 is 0 Å². The Labute approximate surface area is 159 Å². The van der Waals surface area contributed by atoms with E-state index in [0.717, 1.165) is 11.1 Å². The number of benzene rings is 2. The Bertz CT molecular complexity index is 870. The van der Waals surface area contributed by atoms with Crippen molar-refractivity contribution in [1.29, 1.82) is 0 Å². The first-order chi connectivity index (χ1) is 13.0. The standard InChI is InChI=1S/C22H25N3O2/c1-15(2)21(17-7-5-4-6-8-17)23-19(26)13-14-20-24-22(25-27-20)18-11-9-16(3)10-12-18/h4-12,15,21H,13-14H2,1-3H3,(H,23,26)/t21-/m0/s1. The second-order valence-electron chi connectivity index (χ2n) is 7.08. The molecule has 1 N–H and O–H groups in total. The molecular weight excluding hydrogens is 338 g/mol. The highest BCUT2D eigenvalue weighted by Crippen LogP contribution is 2.22. The fourth-order valence-electron chi connectivity index (χ4n) is 2.94. The first kappa shape index (κ1) is 18.8. The fourth-order valence-corrected chi connectivity index (χ4v) is 2.94. The van der Waals surface area contributed by atoms with Gasteiger partial charge in [-0.1, -0.05) is 79.2 Å². The van der Waals surface area contributed by atoms with Gasteiger partial charge in [-0.15, -0.1) is 0 Å². The van der Waals surface area contributed by atoms with E-state index in [1.165, 1.54) is 5.56 Å². The zero-order chi connectivity index (χ0) is 19.2. The van der Waals surface area contributed by atoms with Crippen LogP contribution in [0, 0.1) is 12.8 Å². The van der Waals surface area contributed by atoms with Crippen LogP contribution in [-0.2, 0) is 11.2 Å². The van der Waals surface area contributed by atoms with E-state index in [-0.39, 0.29) is 11.9 Å². The maximum Gasteiger partial charge on any atom is 0.227 e. The van der Waals surface area contributed by atoms with Gasteiger partial charge in [-0.25, -0.2) is 0 Å². The number of amides is 1. The molecule has 2 aromatic carbocycles. The number of nitrogens with one attached hydrogen (secondary N) is 1. The lowest BCUT2D eigenvalue weighted by Crippen LogP contribution is -2.31. The minimum atomic E-state index is -0.0207. The molecule has 1 atom stereocenters. The molecule has 5 heteroatoms. The molecule has 1 aromatic heterocycles. The fraction of sp³-hybridized carbons (Fsp3) is 0.318. The van der Waals surface area contributed by atoms with E-state index in [9.17, 15) is 4.79 Å². The van der Waals surface area contributed by atoms with Crippen molar-refractivity contribution in [3.05, 3.63) is 71.6 Å². The lowest BCUT2D eigenvalue weighted by molar-refractivity contribution is -0.122. The molecule has 27 heavy (non-hydrogen) atoms. The van der Waals surface area contributed by atoms with Crippen molar-refractivity contribution in [2.45, 2.75) is 39.7 Å². The summed E-state index contributed by atoms with van der Waals surface area (Å²) in [5.74, 6) is 1.30. The first-order valence-electron chi connectivity index (χ1n) is 9.27. The Morgan fingerprint density at radius 2 is 1.78 bits per heavy atom. The van der Waals surface area contributed by atoms with Gasteiger partial charge in [0, 0.05) is 18.4 Å². The van der Waals surface area contributed by atoms with Gasteiger partial charge in [0.05, 0.1) is 6.04 Å². The van der Waals surface area contributed by atoms with Crippen LogP contribution in [0.2, 0.25) is 0 Å². The molecule has 0 bridgehead atoms. The van der Waals surface area contributed by atoms with Crippen LogP contribution in [0.4, 0.5) is 0 Å². The largest absolute Gasteiger partial charge is 0.349 e. The van der Waals surface area contributed by atoms with Gasteiger partial charge in [-0.3, -0.25) is 4.79 Å². The zero-order valence-corrected chi connectivity index (χ0v) is 16.0. The number of hydrogen-bond acceptors (Lipinski definition) is 4. The summed E-state index contributed by atoms with van der Waals surface area (Å²) in [5, 5.41) is 7.13. The van der Waals surface area contributed by atoms with E-state index < -0.39 is 0 Å². The van der Waals surface area contributed by atoms with Gasteiger partial charge in [-0.2, -0.15) is 4.98 Å². The van der Waals surface area contributed by atoms with Crippen molar-refractivity contribution in [3.8, 4) is 11.4 Å². The highest BCUT2D eigenvalue weighted by atomic mass is 16.5. The molecule has 0 saturated heterocycles. The molecule has 0 fully saturated rings. The molecule has 0 aliphatic heterocycles.